The lowest BCUT2D eigenvalue weighted by atomic mass is 10.1. The number of benzene rings is 1. The van der Waals surface area contributed by atoms with Gasteiger partial charge in [-0.25, -0.2) is 4.79 Å². The van der Waals surface area contributed by atoms with E-state index >= 15 is 0 Å². The number of nitrogens with one attached hydrogen (secondary N) is 2. The molecule has 1 atom stereocenters. The second-order valence-electron chi connectivity index (χ2n) is 6.80. The number of alkyl carbamates (subject to hydrolysis) is 1. The van der Waals surface area contributed by atoms with Crippen molar-refractivity contribution in [3.05, 3.63) is 34.9 Å². The summed E-state index contributed by atoms with van der Waals surface area (Å²) >= 11 is 0. The van der Waals surface area contributed by atoms with E-state index in [9.17, 15) is 4.79 Å². The summed E-state index contributed by atoms with van der Waals surface area (Å²) in [4.78, 5) is 11.8. The number of rotatable bonds is 6. The van der Waals surface area contributed by atoms with E-state index in [1.807, 2.05) is 20.8 Å². The first-order valence-electron chi connectivity index (χ1n) is 7.97. The zero-order valence-corrected chi connectivity index (χ0v) is 14.7. The van der Waals surface area contributed by atoms with Gasteiger partial charge >= 0.3 is 6.09 Å². The van der Waals surface area contributed by atoms with Crippen LogP contribution in [0.1, 0.15) is 50.8 Å². The van der Waals surface area contributed by atoms with Crippen molar-refractivity contribution < 1.29 is 9.53 Å². The van der Waals surface area contributed by atoms with Gasteiger partial charge in [0.1, 0.15) is 5.60 Å². The Morgan fingerprint density at radius 2 is 1.91 bits per heavy atom. The first-order chi connectivity index (χ1) is 10.2. The SMILES string of the molecule is CCC(CNCc1ccc(C)c(C)c1)NC(=O)OC(C)(C)C. The van der Waals surface area contributed by atoms with Crippen LogP contribution in [0.4, 0.5) is 4.79 Å². The van der Waals surface area contributed by atoms with Gasteiger partial charge in [0.25, 0.3) is 0 Å². The smallest absolute Gasteiger partial charge is 0.407 e. The molecule has 1 unspecified atom stereocenters. The molecule has 0 radical (unpaired) electrons. The Labute approximate surface area is 134 Å². The molecule has 0 saturated carbocycles. The van der Waals surface area contributed by atoms with Crippen LogP contribution in [-0.4, -0.2) is 24.3 Å². The summed E-state index contributed by atoms with van der Waals surface area (Å²) in [6.45, 7) is 13.4. The van der Waals surface area contributed by atoms with Gasteiger partial charge in [0, 0.05) is 19.1 Å². The zero-order valence-electron chi connectivity index (χ0n) is 14.7. The van der Waals surface area contributed by atoms with Crippen LogP contribution in [-0.2, 0) is 11.3 Å². The molecular formula is C18H30N2O2. The van der Waals surface area contributed by atoms with Crippen molar-refractivity contribution >= 4 is 6.09 Å². The van der Waals surface area contributed by atoms with Crippen molar-refractivity contribution in [2.75, 3.05) is 6.54 Å². The van der Waals surface area contributed by atoms with E-state index in [1.54, 1.807) is 0 Å². The van der Waals surface area contributed by atoms with Gasteiger partial charge in [-0.2, -0.15) is 0 Å². The summed E-state index contributed by atoms with van der Waals surface area (Å²) in [5, 5.41) is 6.30. The maximum absolute atomic E-state index is 11.8. The number of carbonyl (C=O) groups is 1. The van der Waals surface area contributed by atoms with Crippen LogP contribution in [0.25, 0.3) is 0 Å². The van der Waals surface area contributed by atoms with Crippen LogP contribution < -0.4 is 10.6 Å². The topological polar surface area (TPSA) is 50.4 Å². The highest BCUT2D eigenvalue weighted by Crippen LogP contribution is 2.10. The van der Waals surface area contributed by atoms with Crippen molar-refractivity contribution in [1.29, 1.82) is 0 Å². The molecule has 1 aromatic carbocycles. The Bertz CT molecular complexity index is 492. The second-order valence-corrected chi connectivity index (χ2v) is 6.80. The summed E-state index contributed by atoms with van der Waals surface area (Å²) < 4.78 is 5.29. The van der Waals surface area contributed by atoms with E-state index in [-0.39, 0.29) is 12.1 Å². The largest absolute Gasteiger partial charge is 0.444 e. The van der Waals surface area contributed by atoms with Crippen molar-refractivity contribution in [1.82, 2.24) is 10.6 Å². The van der Waals surface area contributed by atoms with E-state index in [4.69, 9.17) is 4.74 Å². The molecule has 0 saturated heterocycles. The number of ether oxygens (including phenoxy) is 1. The molecule has 0 aliphatic carbocycles. The summed E-state index contributed by atoms with van der Waals surface area (Å²) in [7, 11) is 0. The van der Waals surface area contributed by atoms with E-state index in [0.717, 1.165) is 19.5 Å². The number of aryl methyl sites for hydroxylation is 2. The fourth-order valence-electron chi connectivity index (χ4n) is 2.08. The number of hydrogen-bond acceptors (Lipinski definition) is 3. The van der Waals surface area contributed by atoms with Gasteiger partial charge in [0.2, 0.25) is 0 Å². The molecule has 0 bridgehead atoms. The molecule has 0 aliphatic rings. The monoisotopic (exact) mass is 306 g/mol. The molecule has 1 amide bonds. The van der Waals surface area contributed by atoms with Crippen molar-refractivity contribution in [2.45, 2.75) is 66.2 Å². The minimum Gasteiger partial charge on any atom is -0.444 e. The number of amides is 1. The minimum absolute atomic E-state index is 0.0707. The molecule has 0 fully saturated rings. The average molecular weight is 306 g/mol. The molecule has 0 spiro atoms. The molecule has 1 aromatic rings. The first kappa shape index (κ1) is 18.5. The highest BCUT2D eigenvalue weighted by molar-refractivity contribution is 5.68. The minimum atomic E-state index is -0.463. The van der Waals surface area contributed by atoms with E-state index in [0.29, 0.717) is 0 Å². The lowest BCUT2D eigenvalue weighted by Crippen LogP contribution is -2.43. The van der Waals surface area contributed by atoms with Crippen LogP contribution in [0.5, 0.6) is 0 Å². The third-order valence-corrected chi connectivity index (χ3v) is 3.50. The highest BCUT2D eigenvalue weighted by atomic mass is 16.6. The van der Waals surface area contributed by atoms with Crippen LogP contribution >= 0.6 is 0 Å². The van der Waals surface area contributed by atoms with Gasteiger partial charge in [-0.15, -0.1) is 0 Å². The van der Waals surface area contributed by atoms with E-state index in [1.165, 1.54) is 16.7 Å². The Morgan fingerprint density at radius 1 is 1.23 bits per heavy atom. The third-order valence-electron chi connectivity index (χ3n) is 3.50. The van der Waals surface area contributed by atoms with Crippen molar-refractivity contribution in [2.24, 2.45) is 0 Å². The van der Waals surface area contributed by atoms with E-state index in [2.05, 4.69) is 49.6 Å². The van der Waals surface area contributed by atoms with Crippen molar-refractivity contribution in [3.8, 4) is 0 Å². The molecule has 0 heterocycles. The van der Waals surface area contributed by atoms with E-state index < -0.39 is 5.60 Å². The first-order valence-corrected chi connectivity index (χ1v) is 7.97. The second kappa shape index (κ2) is 8.18. The Hall–Kier alpha value is -1.55. The fourth-order valence-corrected chi connectivity index (χ4v) is 2.08. The van der Waals surface area contributed by atoms with Gasteiger partial charge in [-0.3, -0.25) is 0 Å². The lowest BCUT2D eigenvalue weighted by molar-refractivity contribution is 0.0502. The maximum atomic E-state index is 11.8. The molecule has 2 N–H and O–H groups in total. The number of hydrogen-bond donors (Lipinski definition) is 2. The summed E-state index contributed by atoms with van der Waals surface area (Å²) in [5.74, 6) is 0. The standard InChI is InChI=1S/C18H30N2O2/c1-7-16(20-17(21)22-18(4,5)6)12-19-11-15-9-8-13(2)14(3)10-15/h8-10,16,19H,7,11-12H2,1-6H3,(H,20,21). The van der Waals surface area contributed by atoms with Crippen LogP contribution in [0.3, 0.4) is 0 Å². The molecular weight excluding hydrogens is 276 g/mol. The van der Waals surface area contributed by atoms with Gasteiger partial charge in [-0.05, 0) is 57.7 Å². The number of carbonyl (C=O) groups excluding carboxylic acids is 1. The van der Waals surface area contributed by atoms with Gasteiger partial charge < -0.3 is 15.4 Å². The predicted octanol–water partition coefficient (Wildman–Crippen LogP) is 3.70. The average Bonchev–Trinajstić information content (AvgIpc) is 2.39. The van der Waals surface area contributed by atoms with Gasteiger partial charge in [-0.1, -0.05) is 25.1 Å². The van der Waals surface area contributed by atoms with Crippen LogP contribution in [0.15, 0.2) is 18.2 Å². The predicted molar refractivity (Wildman–Crippen MR) is 91.1 cm³/mol. The molecule has 0 aliphatic heterocycles. The fraction of sp³-hybridized carbons (Fsp3) is 0.611. The summed E-state index contributed by atoms with van der Waals surface area (Å²) in [5.41, 5.74) is 3.41. The normalized spacial score (nSPS) is 12.8. The van der Waals surface area contributed by atoms with Crippen molar-refractivity contribution in [3.63, 3.8) is 0 Å². The molecule has 1 rings (SSSR count). The van der Waals surface area contributed by atoms with Gasteiger partial charge in [0.15, 0.2) is 0 Å². The molecule has 0 aromatic heterocycles. The Balaban J connectivity index is 2.40. The molecule has 22 heavy (non-hydrogen) atoms. The summed E-state index contributed by atoms with van der Waals surface area (Å²) in [6.07, 6.45) is 0.506. The Kier molecular flexibility index (Phi) is 6.88. The summed E-state index contributed by atoms with van der Waals surface area (Å²) in [6, 6.07) is 6.55. The van der Waals surface area contributed by atoms with Crippen LogP contribution in [0.2, 0.25) is 0 Å². The lowest BCUT2D eigenvalue weighted by Gasteiger charge is -2.23. The molecule has 124 valence electrons. The zero-order chi connectivity index (χ0) is 16.8. The maximum Gasteiger partial charge on any atom is 0.407 e. The van der Waals surface area contributed by atoms with Crippen LogP contribution in [0, 0.1) is 13.8 Å². The quantitative estimate of drug-likeness (QED) is 0.842. The molecule has 4 heteroatoms. The highest BCUT2D eigenvalue weighted by Gasteiger charge is 2.18. The molecule has 4 nitrogen and oxygen atoms in total. The Morgan fingerprint density at radius 3 is 2.45 bits per heavy atom. The van der Waals surface area contributed by atoms with Gasteiger partial charge in [0.05, 0.1) is 0 Å². The third kappa shape index (κ3) is 6.94.